The molecular formula is C16H29NO. The highest BCUT2D eigenvalue weighted by Gasteiger charge is 2.29. The quantitative estimate of drug-likeness (QED) is 0.747. The van der Waals surface area contributed by atoms with Gasteiger partial charge in [0.05, 0.1) is 6.10 Å². The second kappa shape index (κ2) is 6.38. The number of hydrogen-bond acceptors (Lipinski definition) is 2. The van der Waals surface area contributed by atoms with Gasteiger partial charge in [0.1, 0.15) is 0 Å². The Kier molecular flexibility index (Phi) is 4.58. The molecular weight excluding hydrogens is 222 g/mol. The number of rotatable bonds is 7. The van der Waals surface area contributed by atoms with Crippen molar-refractivity contribution in [3.05, 3.63) is 0 Å². The van der Waals surface area contributed by atoms with Gasteiger partial charge < -0.3 is 10.1 Å². The first kappa shape index (κ1) is 12.9. The summed E-state index contributed by atoms with van der Waals surface area (Å²) in [5, 5.41) is 3.74. The molecule has 1 heterocycles. The molecule has 3 rings (SSSR count). The van der Waals surface area contributed by atoms with Gasteiger partial charge in [0.2, 0.25) is 0 Å². The Morgan fingerprint density at radius 2 is 1.78 bits per heavy atom. The molecule has 0 aromatic carbocycles. The molecule has 0 bridgehead atoms. The summed E-state index contributed by atoms with van der Waals surface area (Å²) < 4.78 is 5.72. The van der Waals surface area contributed by atoms with Crippen LogP contribution in [0.1, 0.15) is 64.2 Å². The summed E-state index contributed by atoms with van der Waals surface area (Å²) in [5.74, 6) is 1.99. The molecule has 1 N–H and O–H groups in total. The second-order valence-corrected chi connectivity index (χ2v) is 6.70. The highest BCUT2D eigenvalue weighted by Crippen LogP contribution is 2.36. The van der Waals surface area contributed by atoms with Gasteiger partial charge in [-0.1, -0.05) is 25.7 Å². The Morgan fingerprint density at radius 3 is 2.56 bits per heavy atom. The van der Waals surface area contributed by atoms with E-state index in [4.69, 9.17) is 4.74 Å². The summed E-state index contributed by atoms with van der Waals surface area (Å²) in [7, 11) is 0. The number of hydrogen-bond donors (Lipinski definition) is 1. The van der Waals surface area contributed by atoms with Crippen molar-refractivity contribution >= 4 is 0 Å². The van der Waals surface area contributed by atoms with Gasteiger partial charge in [0.15, 0.2) is 0 Å². The highest BCUT2D eigenvalue weighted by molar-refractivity contribution is 4.85. The maximum absolute atomic E-state index is 5.72. The first-order valence-electron chi connectivity index (χ1n) is 8.27. The minimum Gasteiger partial charge on any atom is -0.378 e. The SMILES string of the molecule is C1COC(CCCC2CCCC2CNC2CC2)C1. The molecule has 2 heteroatoms. The number of ether oxygens (including phenoxy) is 1. The fourth-order valence-electron chi connectivity index (χ4n) is 3.85. The van der Waals surface area contributed by atoms with E-state index < -0.39 is 0 Å². The van der Waals surface area contributed by atoms with E-state index in [9.17, 15) is 0 Å². The van der Waals surface area contributed by atoms with E-state index in [-0.39, 0.29) is 0 Å². The summed E-state index contributed by atoms with van der Waals surface area (Å²) in [4.78, 5) is 0. The van der Waals surface area contributed by atoms with Gasteiger partial charge in [0.25, 0.3) is 0 Å². The van der Waals surface area contributed by atoms with Crippen molar-refractivity contribution in [3.63, 3.8) is 0 Å². The van der Waals surface area contributed by atoms with Gasteiger partial charge in [-0.2, -0.15) is 0 Å². The molecule has 18 heavy (non-hydrogen) atoms. The van der Waals surface area contributed by atoms with Crippen LogP contribution in [0.3, 0.4) is 0 Å². The molecule has 0 spiro atoms. The number of nitrogens with one attached hydrogen (secondary N) is 1. The maximum Gasteiger partial charge on any atom is 0.0576 e. The molecule has 0 aromatic rings. The van der Waals surface area contributed by atoms with Crippen molar-refractivity contribution in [2.75, 3.05) is 13.2 Å². The average molecular weight is 251 g/mol. The van der Waals surface area contributed by atoms with Crippen molar-refractivity contribution in [2.24, 2.45) is 11.8 Å². The first-order valence-corrected chi connectivity index (χ1v) is 8.27. The van der Waals surface area contributed by atoms with Gasteiger partial charge >= 0.3 is 0 Å². The lowest BCUT2D eigenvalue weighted by Gasteiger charge is -2.20. The molecule has 2 aliphatic carbocycles. The van der Waals surface area contributed by atoms with Crippen molar-refractivity contribution in [1.29, 1.82) is 0 Å². The molecule has 1 aliphatic heterocycles. The van der Waals surface area contributed by atoms with Gasteiger partial charge in [-0.15, -0.1) is 0 Å². The third kappa shape index (κ3) is 3.71. The maximum atomic E-state index is 5.72. The predicted octanol–water partition coefficient (Wildman–Crippen LogP) is 3.50. The zero-order valence-electron chi connectivity index (χ0n) is 11.7. The van der Waals surface area contributed by atoms with Gasteiger partial charge in [0, 0.05) is 12.6 Å². The molecule has 3 unspecified atom stereocenters. The van der Waals surface area contributed by atoms with E-state index in [1.54, 1.807) is 0 Å². The van der Waals surface area contributed by atoms with Gasteiger partial charge in [-0.25, -0.2) is 0 Å². The molecule has 2 nitrogen and oxygen atoms in total. The van der Waals surface area contributed by atoms with E-state index in [1.165, 1.54) is 70.8 Å². The summed E-state index contributed by atoms with van der Waals surface area (Å²) in [5.41, 5.74) is 0. The van der Waals surface area contributed by atoms with Crippen LogP contribution in [0, 0.1) is 11.8 Å². The summed E-state index contributed by atoms with van der Waals surface area (Å²) >= 11 is 0. The standard InChI is InChI=1S/C16H29NO/c1-4-13(5-2-7-16-8-3-11-18-16)14(6-1)12-17-15-9-10-15/h13-17H,1-12H2. The van der Waals surface area contributed by atoms with Crippen LogP contribution in [-0.4, -0.2) is 25.3 Å². The molecule has 1 saturated heterocycles. The average Bonchev–Trinajstić information content (AvgIpc) is 2.89. The molecule has 0 aromatic heterocycles. The van der Waals surface area contributed by atoms with Crippen LogP contribution in [-0.2, 0) is 4.74 Å². The van der Waals surface area contributed by atoms with Gasteiger partial charge in [-0.3, -0.25) is 0 Å². The summed E-state index contributed by atoms with van der Waals surface area (Å²) in [6.07, 6.45) is 14.7. The monoisotopic (exact) mass is 251 g/mol. The van der Waals surface area contributed by atoms with Crippen LogP contribution in [0.2, 0.25) is 0 Å². The lowest BCUT2D eigenvalue weighted by atomic mass is 9.90. The van der Waals surface area contributed by atoms with E-state index >= 15 is 0 Å². The smallest absolute Gasteiger partial charge is 0.0576 e. The second-order valence-electron chi connectivity index (χ2n) is 6.70. The lowest BCUT2D eigenvalue weighted by Crippen LogP contribution is -2.27. The van der Waals surface area contributed by atoms with Crippen LogP contribution in [0.15, 0.2) is 0 Å². The third-order valence-corrected chi connectivity index (χ3v) is 5.19. The van der Waals surface area contributed by atoms with Crippen molar-refractivity contribution in [3.8, 4) is 0 Å². The Hall–Kier alpha value is -0.0800. The van der Waals surface area contributed by atoms with Crippen LogP contribution >= 0.6 is 0 Å². The van der Waals surface area contributed by atoms with Crippen LogP contribution in [0.25, 0.3) is 0 Å². The normalized spacial score (nSPS) is 36.3. The Balaban J connectivity index is 1.32. The molecule has 0 radical (unpaired) electrons. The van der Waals surface area contributed by atoms with E-state index in [2.05, 4.69) is 5.32 Å². The van der Waals surface area contributed by atoms with Crippen LogP contribution < -0.4 is 5.32 Å². The first-order chi connectivity index (χ1) is 8.92. The Morgan fingerprint density at radius 1 is 0.889 bits per heavy atom. The molecule has 3 atom stereocenters. The van der Waals surface area contributed by atoms with Crippen LogP contribution in [0.5, 0.6) is 0 Å². The zero-order valence-corrected chi connectivity index (χ0v) is 11.7. The van der Waals surface area contributed by atoms with Crippen LogP contribution in [0.4, 0.5) is 0 Å². The van der Waals surface area contributed by atoms with Crippen molar-refractivity contribution < 1.29 is 4.74 Å². The topological polar surface area (TPSA) is 21.3 Å². The fraction of sp³-hybridized carbons (Fsp3) is 1.00. The molecule has 0 amide bonds. The zero-order chi connectivity index (χ0) is 12.2. The van der Waals surface area contributed by atoms with E-state index in [0.29, 0.717) is 6.10 Å². The summed E-state index contributed by atoms with van der Waals surface area (Å²) in [6, 6.07) is 0.887. The largest absolute Gasteiger partial charge is 0.378 e. The minimum absolute atomic E-state index is 0.606. The fourth-order valence-corrected chi connectivity index (χ4v) is 3.85. The highest BCUT2D eigenvalue weighted by atomic mass is 16.5. The Bertz CT molecular complexity index is 245. The van der Waals surface area contributed by atoms with E-state index in [1.807, 2.05) is 0 Å². The molecule has 3 fully saturated rings. The molecule has 104 valence electrons. The predicted molar refractivity (Wildman–Crippen MR) is 74.7 cm³/mol. The lowest BCUT2D eigenvalue weighted by molar-refractivity contribution is 0.1000. The van der Waals surface area contributed by atoms with Crippen molar-refractivity contribution in [2.45, 2.75) is 76.4 Å². The molecule has 2 saturated carbocycles. The van der Waals surface area contributed by atoms with E-state index in [0.717, 1.165) is 24.5 Å². The van der Waals surface area contributed by atoms with Crippen molar-refractivity contribution in [1.82, 2.24) is 5.32 Å². The molecule has 3 aliphatic rings. The minimum atomic E-state index is 0.606. The summed E-state index contributed by atoms with van der Waals surface area (Å²) in [6.45, 7) is 2.32. The Labute approximate surface area is 112 Å². The third-order valence-electron chi connectivity index (χ3n) is 5.19. The van der Waals surface area contributed by atoms with Gasteiger partial charge in [-0.05, 0) is 56.9 Å².